The van der Waals surface area contributed by atoms with E-state index >= 15 is 0 Å². The van der Waals surface area contributed by atoms with Crippen molar-refractivity contribution >= 4 is 29.6 Å². The quantitative estimate of drug-likeness (QED) is 0.489. The second kappa shape index (κ2) is 9.90. The molecule has 4 rings (SSSR count). The van der Waals surface area contributed by atoms with Crippen LogP contribution in [0.3, 0.4) is 0 Å². The van der Waals surface area contributed by atoms with Crippen LogP contribution in [0, 0.1) is 5.41 Å². The molecule has 0 spiro atoms. The van der Waals surface area contributed by atoms with Crippen LogP contribution in [0.5, 0.6) is 0 Å². The van der Waals surface area contributed by atoms with Gasteiger partial charge >= 0.3 is 6.09 Å². The fourth-order valence-electron chi connectivity index (χ4n) is 3.70. The van der Waals surface area contributed by atoms with Crippen LogP contribution in [0.4, 0.5) is 22.1 Å². The lowest BCUT2D eigenvalue weighted by Gasteiger charge is -2.26. The van der Waals surface area contributed by atoms with Crippen molar-refractivity contribution in [2.45, 2.75) is 32.8 Å². The molecule has 178 valence electrons. The molecule has 3 N–H and O–H groups in total. The number of aromatic amines is 1. The minimum absolute atomic E-state index is 0.275. The molecule has 10 nitrogen and oxygen atoms in total. The van der Waals surface area contributed by atoms with Crippen LogP contribution in [-0.2, 0) is 4.74 Å². The largest absolute Gasteiger partial charge is 0.444 e. The van der Waals surface area contributed by atoms with Crippen LogP contribution in [-0.4, -0.2) is 69.2 Å². The van der Waals surface area contributed by atoms with Crippen molar-refractivity contribution in [3.63, 3.8) is 0 Å². The first-order valence-corrected chi connectivity index (χ1v) is 11.3. The van der Waals surface area contributed by atoms with Gasteiger partial charge in [0.2, 0.25) is 0 Å². The maximum absolute atomic E-state index is 12.5. The summed E-state index contributed by atoms with van der Waals surface area (Å²) in [5.74, 6) is 1.50. The normalized spacial score (nSPS) is 14.4. The van der Waals surface area contributed by atoms with Crippen molar-refractivity contribution in [2.75, 3.05) is 36.4 Å². The molecule has 0 atom stereocenters. The zero-order chi connectivity index (χ0) is 24.1. The third kappa shape index (κ3) is 5.69. The fraction of sp³-hybridized carbons (Fsp3) is 0.375. The first-order chi connectivity index (χ1) is 16.3. The topological polar surface area (TPSA) is 123 Å². The molecule has 0 radical (unpaired) electrons. The average molecular weight is 463 g/mol. The van der Waals surface area contributed by atoms with E-state index in [4.69, 9.17) is 15.1 Å². The van der Waals surface area contributed by atoms with Gasteiger partial charge in [0.05, 0.1) is 17.6 Å². The van der Waals surface area contributed by atoms with Gasteiger partial charge in [0, 0.05) is 55.9 Å². The molecule has 1 aliphatic heterocycles. The smallest absolute Gasteiger partial charge is 0.410 e. The SMILES string of the molecule is CC(C)(C)OC(=O)N1CCCN(c2cccc(Nc3cc(-c4cn[nH]c4)ncc3C=N)n2)CC1. The number of aromatic nitrogens is 4. The Morgan fingerprint density at radius 2 is 2.06 bits per heavy atom. The van der Waals surface area contributed by atoms with Crippen molar-refractivity contribution in [3.8, 4) is 11.3 Å². The molecule has 1 aliphatic rings. The van der Waals surface area contributed by atoms with Crippen molar-refractivity contribution in [1.29, 1.82) is 5.41 Å². The second-order valence-corrected chi connectivity index (χ2v) is 9.10. The predicted molar refractivity (Wildman–Crippen MR) is 132 cm³/mol. The molecule has 3 aromatic rings. The number of hydrogen-bond donors (Lipinski definition) is 3. The zero-order valence-corrected chi connectivity index (χ0v) is 19.7. The number of ether oxygens (including phenoxy) is 1. The van der Waals surface area contributed by atoms with Crippen molar-refractivity contribution in [3.05, 3.63) is 48.4 Å². The van der Waals surface area contributed by atoms with Gasteiger partial charge in [-0.25, -0.2) is 9.78 Å². The summed E-state index contributed by atoms with van der Waals surface area (Å²) in [5.41, 5.74) is 2.48. The first kappa shape index (κ1) is 23.2. The molecule has 34 heavy (non-hydrogen) atoms. The van der Waals surface area contributed by atoms with E-state index < -0.39 is 5.60 Å². The minimum atomic E-state index is -0.510. The Balaban J connectivity index is 1.48. The van der Waals surface area contributed by atoms with Crippen LogP contribution in [0.1, 0.15) is 32.8 Å². The van der Waals surface area contributed by atoms with Gasteiger partial charge in [-0.1, -0.05) is 6.07 Å². The highest BCUT2D eigenvalue weighted by Gasteiger charge is 2.25. The Labute approximate surface area is 198 Å². The van der Waals surface area contributed by atoms with E-state index in [0.717, 1.165) is 35.7 Å². The summed E-state index contributed by atoms with van der Waals surface area (Å²) in [4.78, 5) is 25.6. The van der Waals surface area contributed by atoms with Crippen LogP contribution in [0.2, 0.25) is 0 Å². The summed E-state index contributed by atoms with van der Waals surface area (Å²) in [6.45, 7) is 8.32. The molecule has 0 saturated carbocycles. The Morgan fingerprint density at radius 3 is 2.79 bits per heavy atom. The number of nitrogens with zero attached hydrogens (tertiary/aromatic N) is 5. The second-order valence-electron chi connectivity index (χ2n) is 9.10. The van der Waals surface area contributed by atoms with Gasteiger partial charge in [-0.3, -0.25) is 10.1 Å². The molecular weight excluding hydrogens is 432 g/mol. The van der Waals surface area contributed by atoms with Crippen molar-refractivity contribution in [2.24, 2.45) is 0 Å². The molecule has 0 bridgehead atoms. The Bertz CT molecular complexity index is 1140. The minimum Gasteiger partial charge on any atom is -0.444 e. The van der Waals surface area contributed by atoms with Gasteiger partial charge in [-0.15, -0.1) is 0 Å². The predicted octanol–water partition coefficient (Wildman–Crippen LogP) is 4.06. The molecule has 0 aromatic carbocycles. The van der Waals surface area contributed by atoms with Gasteiger partial charge in [-0.2, -0.15) is 5.10 Å². The highest BCUT2D eigenvalue weighted by Crippen LogP contribution is 2.25. The van der Waals surface area contributed by atoms with Crippen molar-refractivity contribution in [1.82, 2.24) is 25.1 Å². The monoisotopic (exact) mass is 462 g/mol. The zero-order valence-electron chi connectivity index (χ0n) is 19.7. The van der Waals surface area contributed by atoms with E-state index in [9.17, 15) is 4.79 Å². The number of nitrogens with one attached hydrogen (secondary N) is 3. The van der Waals surface area contributed by atoms with E-state index in [2.05, 4.69) is 25.4 Å². The summed E-state index contributed by atoms with van der Waals surface area (Å²) >= 11 is 0. The number of carbonyl (C=O) groups is 1. The fourth-order valence-corrected chi connectivity index (χ4v) is 3.70. The van der Waals surface area contributed by atoms with E-state index in [1.807, 2.05) is 45.0 Å². The lowest BCUT2D eigenvalue weighted by Crippen LogP contribution is -2.39. The summed E-state index contributed by atoms with van der Waals surface area (Å²) in [5, 5.41) is 17.8. The summed E-state index contributed by atoms with van der Waals surface area (Å²) in [6.07, 6.45) is 6.95. The van der Waals surface area contributed by atoms with Gasteiger partial charge in [-0.05, 0) is 45.4 Å². The van der Waals surface area contributed by atoms with Crippen LogP contribution in [0.25, 0.3) is 11.3 Å². The molecule has 4 heterocycles. The number of pyridine rings is 2. The number of rotatable bonds is 5. The molecular formula is C24H30N8O2. The third-order valence-corrected chi connectivity index (χ3v) is 5.35. The van der Waals surface area contributed by atoms with Crippen molar-refractivity contribution < 1.29 is 9.53 Å². The Morgan fingerprint density at radius 1 is 1.21 bits per heavy atom. The maximum Gasteiger partial charge on any atom is 0.410 e. The highest BCUT2D eigenvalue weighted by atomic mass is 16.6. The Hall–Kier alpha value is -3.95. The van der Waals surface area contributed by atoms with Gasteiger partial charge in [0.15, 0.2) is 0 Å². The van der Waals surface area contributed by atoms with E-state index in [1.54, 1.807) is 23.5 Å². The number of carbonyl (C=O) groups excluding carboxylic acids is 1. The molecule has 0 unspecified atom stereocenters. The number of H-pyrrole nitrogens is 1. The molecule has 3 aromatic heterocycles. The van der Waals surface area contributed by atoms with E-state index in [1.165, 1.54) is 6.21 Å². The molecule has 1 fully saturated rings. The van der Waals surface area contributed by atoms with Gasteiger partial charge < -0.3 is 25.3 Å². The standard InChI is InChI=1S/C24H30N8O2/c1-24(2,3)34-23(33)32-9-5-8-31(10-11-32)22-7-4-6-21(30-22)29-20-12-19(18-15-27-28-16-18)26-14-17(20)13-25/h4,6-7,12-16,25H,5,8-11H2,1-3H3,(H,27,28)(H,26,29,30). The van der Waals surface area contributed by atoms with Crippen LogP contribution >= 0.6 is 0 Å². The van der Waals surface area contributed by atoms with E-state index in [0.29, 0.717) is 31.0 Å². The van der Waals surface area contributed by atoms with Gasteiger partial charge in [0.1, 0.15) is 17.2 Å². The van der Waals surface area contributed by atoms with Gasteiger partial charge in [0.25, 0.3) is 0 Å². The number of amides is 1. The molecule has 1 amide bonds. The lowest BCUT2D eigenvalue weighted by atomic mass is 10.1. The summed E-state index contributed by atoms with van der Waals surface area (Å²) in [7, 11) is 0. The molecule has 0 aliphatic carbocycles. The molecule has 10 heteroatoms. The summed E-state index contributed by atoms with van der Waals surface area (Å²) in [6, 6.07) is 7.68. The van der Waals surface area contributed by atoms with Crippen LogP contribution < -0.4 is 10.2 Å². The summed E-state index contributed by atoms with van der Waals surface area (Å²) < 4.78 is 5.53. The van der Waals surface area contributed by atoms with Crippen LogP contribution in [0.15, 0.2) is 42.9 Å². The Kier molecular flexibility index (Phi) is 6.76. The first-order valence-electron chi connectivity index (χ1n) is 11.3. The number of hydrogen-bond acceptors (Lipinski definition) is 8. The highest BCUT2D eigenvalue weighted by molar-refractivity contribution is 5.88. The molecule has 1 saturated heterocycles. The lowest BCUT2D eigenvalue weighted by molar-refractivity contribution is 0.0263. The number of anilines is 3. The van der Waals surface area contributed by atoms with E-state index in [-0.39, 0.29) is 6.09 Å². The maximum atomic E-state index is 12.5. The third-order valence-electron chi connectivity index (χ3n) is 5.35. The average Bonchev–Trinajstić information content (AvgIpc) is 3.22.